The molecule has 2 aliphatic heterocycles. The number of aromatic nitrogens is 12. The van der Waals surface area contributed by atoms with E-state index in [9.17, 15) is 9.59 Å². The Morgan fingerprint density at radius 1 is 0.642 bits per heavy atom. The fourth-order valence-corrected chi connectivity index (χ4v) is 6.32. The van der Waals surface area contributed by atoms with Crippen LogP contribution in [0.5, 0.6) is 0 Å². The van der Waals surface area contributed by atoms with Gasteiger partial charge in [0.1, 0.15) is 29.9 Å². The SMILES string of the molecule is CC.CN1CCC(O)C1=O.CN1CCC(O)C1=O.Cc1nn(C)cc1Nc1nccc(-c2cccc(-c3ccon3)n2)n1.Cn1cc(Nc2nccc(-c3cccc(-c4ccno4)n3)n2)cn1. The predicted octanol–water partition coefficient (Wildman–Crippen LogP) is 5.09. The Bertz CT molecular complexity index is 2760. The van der Waals surface area contributed by atoms with E-state index in [1.165, 1.54) is 16.1 Å². The maximum Gasteiger partial charge on any atom is 0.251 e. The molecule has 8 aromatic heterocycles. The molecule has 2 amide bonds. The van der Waals surface area contributed by atoms with Gasteiger partial charge in [-0.15, -0.1) is 0 Å². The van der Waals surface area contributed by atoms with E-state index in [0.29, 0.717) is 66.4 Å². The number of aryl methyl sites for hydroxylation is 3. The van der Waals surface area contributed by atoms with Crippen LogP contribution in [0.1, 0.15) is 32.4 Å². The van der Waals surface area contributed by atoms with Crippen molar-refractivity contribution in [2.75, 3.05) is 37.8 Å². The number of amides is 2. The van der Waals surface area contributed by atoms with Gasteiger partial charge in [-0.2, -0.15) is 10.2 Å². The molecular formula is C45H52N16O6. The zero-order chi connectivity index (χ0) is 47.9. The Morgan fingerprint density at radius 3 is 1.64 bits per heavy atom. The van der Waals surface area contributed by atoms with Gasteiger partial charge in [-0.1, -0.05) is 36.3 Å². The van der Waals surface area contributed by atoms with Gasteiger partial charge < -0.3 is 39.7 Å². The molecule has 4 N–H and O–H groups in total. The average Bonchev–Trinajstić information content (AvgIpc) is 4.25. The lowest BCUT2D eigenvalue weighted by Crippen LogP contribution is -2.24. The summed E-state index contributed by atoms with van der Waals surface area (Å²) in [6.07, 6.45) is 11.7. The summed E-state index contributed by atoms with van der Waals surface area (Å²) in [5.41, 5.74) is 7.54. The summed E-state index contributed by atoms with van der Waals surface area (Å²) in [7, 11) is 7.10. The molecule has 10 rings (SSSR count). The molecule has 2 aliphatic rings. The summed E-state index contributed by atoms with van der Waals surface area (Å²) in [6, 6.07) is 18.5. The van der Waals surface area contributed by atoms with Gasteiger partial charge in [0.2, 0.25) is 11.9 Å². The molecule has 0 spiro atoms. The number of aliphatic hydroxyl groups is 2. The van der Waals surface area contributed by atoms with Crippen LogP contribution < -0.4 is 10.6 Å². The van der Waals surface area contributed by atoms with Gasteiger partial charge in [-0.25, -0.2) is 29.9 Å². The molecule has 0 saturated carbocycles. The zero-order valence-electron chi connectivity index (χ0n) is 38.1. The second-order valence-electron chi connectivity index (χ2n) is 14.7. The third kappa shape index (κ3) is 13.2. The van der Waals surface area contributed by atoms with Crippen molar-refractivity contribution in [1.29, 1.82) is 0 Å². The first kappa shape index (κ1) is 48.2. The Hall–Kier alpha value is -8.24. The summed E-state index contributed by atoms with van der Waals surface area (Å²) < 4.78 is 13.5. The molecule has 0 radical (unpaired) electrons. The highest BCUT2D eigenvalue weighted by atomic mass is 16.5. The van der Waals surface area contributed by atoms with E-state index in [0.717, 1.165) is 34.2 Å². The maximum absolute atomic E-state index is 10.6. The Morgan fingerprint density at radius 2 is 1.19 bits per heavy atom. The van der Waals surface area contributed by atoms with E-state index in [1.54, 1.807) is 66.4 Å². The van der Waals surface area contributed by atoms with Crippen LogP contribution in [0.25, 0.3) is 45.6 Å². The number of nitrogens with one attached hydrogen (secondary N) is 2. The number of hydrogen-bond acceptors (Lipinski definition) is 18. The second-order valence-corrected chi connectivity index (χ2v) is 14.7. The number of rotatable bonds is 8. The number of hydrogen-bond donors (Lipinski definition) is 4. The molecule has 2 fully saturated rings. The minimum absolute atomic E-state index is 0.148. The van der Waals surface area contributed by atoms with E-state index < -0.39 is 12.2 Å². The molecule has 22 nitrogen and oxygen atoms in total. The first-order chi connectivity index (χ1) is 32.4. The van der Waals surface area contributed by atoms with E-state index in [4.69, 9.17) is 19.3 Å². The van der Waals surface area contributed by atoms with E-state index in [2.05, 4.69) is 61.0 Å². The standard InChI is InChI=1S/C17H15N7O.C16H13N7O.2C5H9NO2.C2H6/c1-11-16(10-24(2)22-11)21-17-18-8-6-14(20-17)12-4-3-5-13(19-12)15-7-9-25-23-15;1-23-10-11(9-18-23)20-16-17-7-5-13(22-16)12-3-2-4-14(21-12)15-6-8-19-24-15;2*1-6-3-2-4(7)5(6)8;1-2/h3-10H,1-2H3,(H,18,20,21);2-10H,1H3,(H,17,20,22);2*4,7H,2-3H2,1H3;1-2H3. The number of carbonyl (C=O) groups excluding carboxylic acids is 2. The van der Waals surface area contributed by atoms with E-state index in [-0.39, 0.29) is 11.8 Å². The Balaban J connectivity index is 0.000000163. The van der Waals surface area contributed by atoms with E-state index >= 15 is 0 Å². The third-order valence-corrected chi connectivity index (χ3v) is 9.74. The van der Waals surface area contributed by atoms with Gasteiger partial charge in [0.15, 0.2) is 5.76 Å². The molecule has 0 aliphatic carbocycles. The smallest absolute Gasteiger partial charge is 0.251 e. The van der Waals surface area contributed by atoms with Crippen molar-refractivity contribution in [3.63, 3.8) is 0 Å². The first-order valence-electron chi connectivity index (χ1n) is 21.2. The van der Waals surface area contributed by atoms with Crippen molar-refractivity contribution < 1.29 is 28.8 Å². The maximum atomic E-state index is 10.6. The second kappa shape index (κ2) is 23.1. The Kier molecular flexibility index (Phi) is 16.6. The number of aliphatic hydroxyl groups excluding tert-OH is 2. The fourth-order valence-electron chi connectivity index (χ4n) is 6.32. The molecular weight excluding hydrogens is 861 g/mol. The minimum atomic E-state index is -0.722. The molecule has 10 heterocycles. The monoisotopic (exact) mass is 912 g/mol. The van der Waals surface area contributed by atoms with Crippen molar-refractivity contribution in [1.82, 2.24) is 69.6 Å². The quantitative estimate of drug-likeness (QED) is 0.154. The molecule has 2 unspecified atom stereocenters. The lowest BCUT2D eigenvalue weighted by Gasteiger charge is -2.06. The molecule has 8 aromatic rings. The van der Waals surface area contributed by atoms with Gasteiger partial charge in [0.05, 0.1) is 57.9 Å². The molecule has 2 atom stereocenters. The normalized spacial score (nSPS) is 15.0. The highest BCUT2D eigenvalue weighted by Gasteiger charge is 2.26. The van der Waals surface area contributed by atoms with Gasteiger partial charge in [0.25, 0.3) is 11.8 Å². The molecule has 348 valence electrons. The van der Waals surface area contributed by atoms with Gasteiger partial charge in [-0.05, 0) is 56.2 Å². The first-order valence-corrected chi connectivity index (χ1v) is 21.2. The highest BCUT2D eigenvalue weighted by Crippen LogP contribution is 2.24. The zero-order valence-corrected chi connectivity index (χ0v) is 38.1. The number of likely N-dealkylation sites (N-methyl/N-ethyl adjacent to an activating group) is 2. The summed E-state index contributed by atoms with van der Waals surface area (Å²) in [4.78, 5) is 50.9. The van der Waals surface area contributed by atoms with Crippen molar-refractivity contribution in [2.45, 2.75) is 45.8 Å². The summed E-state index contributed by atoms with van der Waals surface area (Å²) in [5, 5.41) is 39.9. The van der Waals surface area contributed by atoms with Crippen LogP contribution >= 0.6 is 0 Å². The third-order valence-electron chi connectivity index (χ3n) is 9.74. The summed E-state index contributed by atoms with van der Waals surface area (Å²) in [6.45, 7) is 7.31. The summed E-state index contributed by atoms with van der Waals surface area (Å²) in [5.74, 6) is 1.28. The van der Waals surface area contributed by atoms with Crippen LogP contribution in [-0.2, 0) is 23.7 Å². The largest absolute Gasteiger partial charge is 0.383 e. The van der Waals surface area contributed by atoms with Crippen LogP contribution in [0.15, 0.2) is 113 Å². The molecule has 0 bridgehead atoms. The topological polar surface area (TPSA) is 270 Å². The lowest BCUT2D eigenvalue weighted by atomic mass is 10.2. The van der Waals surface area contributed by atoms with Crippen LogP contribution in [0.4, 0.5) is 23.3 Å². The van der Waals surface area contributed by atoms with E-state index in [1.807, 2.05) is 89.7 Å². The average molecular weight is 913 g/mol. The van der Waals surface area contributed by atoms with Crippen molar-refractivity contribution >= 4 is 35.1 Å². The Labute approximate surface area is 385 Å². The fraction of sp³-hybridized carbons (Fsp3) is 0.289. The van der Waals surface area contributed by atoms with Crippen LogP contribution in [-0.4, -0.2) is 131 Å². The molecule has 2 saturated heterocycles. The lowest BCUT2D eigenvalue weighted by molar-refractivity contribution is -0.133. The number of nitrogens with zero attached hydrogens (tertiary/aromatic N) is 14. The number of carbonyl (C=O) groups is 2. The van der Waals surface area contributed by atoms with Crippen molar-refractivity contribution in [3.05, 3.63) is 110 Å². The van der Waals surface area contributed by atoms with Crippen LogP contribution in [0, 0.1) is 6.92 Å². The van der Waals surface area contributed by atoms with Crippen LogP contribution in [0.2, 0.25) is 0 Å². The number of anilines is 4. The molecule has 22 heteroatoms. The van der Waals surface area contributed by atoms with Gasteiger partial charge in [-0.3, -0.25) is 19.0 Å². The summed E-state index contributed by atoms with van der Waals surface area (Å²) >= 11 is 0. The van der Waals surface area contributed by atoms with Crippen LogP contribution in [0.3, 0.4) is 0 Å². The van der Waals surface area contributed by atoms with Crippen molar-refractivity contribution in [2.24, 2.45) is 14.1 Å². The highest BCUT2D eigenvalue weighted by molar-refractivity contribution is 5.82. The molecule has 0 aromatic carbocycles. The molecule has 67 heavy (non-hydrogen) atoms. The van der Waals surface area contributed by atoms with Crippen molar-refractivity contribution in [3.8, 4) is 45.6 Å². The number of likely N-dealkylation sites (tertiary alicyclic amines) is 2. The predicted molar refractivity (Wildman–Crippen MR) is 247 cm³/mol. The minimum Gasteiger partial charge on any atom is -0.383 e. The number of pyridine rings is 2. The van der Waals surface area contributed by atoms with Gasteiger partial charge >= 0.3 is 0 Å². The van der Waals surface area contributed by atoms with Gasteiger partial charge in [0, 0.05) is 78.2 Å².